The predicted octanol–water partition coefficient (Wildman–Crippen LogP) is 2.88. The van der Waals surface area contributed by atoms with Gasteiger partial charge in [-0.15, -0.1) is 0 Å². The molecule has 1 aromatic carbocycles. The summed E-state index contributed by atoms with van der Waals surface area (Å²) in [6.45, 7) is 5.94. The van der Waals surface area contributed by atoms with Gasteiger partial charge in [-0.05, 0) is 55.7 Å². The van der Waals surface area contributed by atoms with Crippen LogP contribution >= 0.6 is 0 Å². The first-order valence-electron chi connectivity index (χ1n) is 11.8. The Morgan fingerprint density at radius 1 is 1.24 bits per heavy atom. The van der Waals surface area contributed by atoms with Crippen LogP contribution in [0.3, 0.4) is 0 Å². The third-order valence-electron chi connectivity index (χ3n) is 6.00. The van der Waals surface area contributed by atoms with E-state index >= 15 is 0 Å². The van der Waals surface area contributed by atoms with Crippen molar-refractivity contribution in [3.05, 3.63) is 47.7 Å². The van der Waals surface area contributed by atoms with Crippen LogP contribution in [0.1, 0.15) is 52.1 Å². The number of rotatable bonds is 11. The first-order valence-corrected chi connectivity index (χ1v) is 11.8. The van der Waals surface area contributed by atoms with E-state index in [4.69, 9.17) is 15.3 Å². The SMILES string of the molecule is CCC(CC)O[C@@H]1C=C(C(=O)NOCCCc2cc3ccccc3[nH]2)C[C@H](N)[C@H]1NC(C)=O. The maximum atomic E-state index is 12.7. The van der Waals surface area contributed by atoms with Crippen molar-refractivity contribution in [3.8, 4) is 0 Å². The van der Waals surface area contributed by atoms with Crippen molar-refractivity contribution in [3.63, 3.8) is 0 Å². The Bertz CT molecular complexity index is 933. The normalized spacial score (nSPS) is 20.6. The van der Waals surface area contributed by atoms with Gasteiger partial charge in [-0.1, -0.05) is 32.0 Å². The van der Waals surface area contributed by atoms with Gasteiger partial charge in [0.05, 0.1) is 24.9 Å². The molecule has 0 saturated heterocycles. The van der Waals surface area contributed by atoms with Gasteiger partial charge in [0.1, 0.15) is 0 Å². The summed E-state index contributed by atoms with van der Waals surface area (Å²) in [5.74, 6) is -0.497. The number of H-pyrrole nitrogens is 1. The van der Waals surface area contributed by atoms with Gasteiger partial charge < -0.3 is 20.8 Å². The van der Waals surface area contributed by atoms with Gasteiger partial charge in [-0.2, -0.15) is 0 Å². The number of nitrogens with two attached hydrogens (primary N) is 1. The van der Waals surface area contributed by atoms with Gasteiger partial charge >= 0.3 is 0 Å². The molecule has 0 spiro atoms. The molecule has 180 valence electrons. The molecule has 0 aliphatic heterocycles. The zero-order valence-corrected chi connectivity index (χ0v) is 19.7. The highest BCUT2D eigenvalue weighted by Crippen LogP contribution is 2.23. The lowest BCUT2D eigenvalue weighted by Gasteiger charge is -2.36. The molecule has 2 amide bonds. The van der Waals surface area contributed by atoms with Crippen LogP contribution in [0.15, 0.2) is 42.0 Å². The highest BCUT2D eigenvalue weighted by Gasteiger charge is 2.35. The van der Waals surface area contributed by atoms with Crippen molar-refractivity contribution in [2.45, 2.75) is 77.2 Å². The van der Waals surface area contributed by atoms with Crippen molar-refractivity contribution < 1.29 is 19.2 Å². The molecule has 5 N–H and O–H groups in total. The highest BCUT2D eigenvalue weighted by molar-refractivity contribution is 5.93. The molecule has 1 aliphatic carbocycles. The van der Waals surface area contributed by atoms with Crippen LogP contribution in [0, 0.1) is 0 Å². The quantitative estimate of drug-likeness (QED) is 0.306. The van der Waals surface area contributed by atoms with Gasteiger partial charge in [-0.25, -0.2) is 5.48 Å². The molecule has 8 nitrogen and oxygen atoms in total. The second-order valence-electron chi connectivity index (χ2n) is 8.59. The van der Waals surface area contributed by atoms with Crippen LogP contribution in [0.2, 0.25) is 0 Å². The lowest BCUT2D eigenvalue weighted by molar-refractivity contribution is -0.130. The van der Waals surface area contributed by atoms with E-state index in [0.717, 1.165) is 36.9 Å². The highest BCUT2D eigenvalue weighted by atomic mass is 16.6. The first-order chi connectivity index (χ1) is 15.9. The van der Waals surface area contributed by atoms with Crippen LogP contribution in [0.5, 0.6) is 0 Å². The molecule has 3 atom stereocenters. The predicted molar refractivity (Wildman–Crippen MR) is 128 cm³/mol. The van der Waals surface area contributed by atoms with E-state index in [2.05, 4.69) is 34.0 Å². The number of aryl methyl sites for hydroxylation is 1. The molecule has 0 saturated carbocycles. The number of carbonyl (C=O) groups excluding carboxylic acids is 2. The fourth-order valence-electron chi connectivity index (χ4n) is 4.20. The van der Waals surface area contributed by atoms with Crippen LogP contribution in [0.25, 0.3) is 10.9 Å². The fourth-order valence-corrected chi connectivity index (χ4v) is 4.20. The average Bonchev–Trinajstić information content (AvgIpc) is 3.21. The largest absolute Gasteiger partial charge is 0.369 e. The van der Waals surface area contributed by atoms with E-state index in [1.807, 2.05) is 26.0 Å². The Hall–Kier alpha value is -2.68. The molecule has 33 heavy (non-hydrogen) atoms. The van der Waals surface area contributed by atoms with Gasteiger partial charge in [0.15, 0.2) is 0 Å². The maximum absolute atomic E-state index is 12.7. The Balaban J connectivity index is 1.52. The fraction of sp³-hybridized carbons (Fsp3) is 0.520. The second kappa shape index (κ2) is 12.0. The standard InChI is InChI=1S/C25H36N4O4/c1-4-20(5-2)33-23-15-18(14-21(26)24(23)27-16(3)30)25(31)29-32-12-8-10-19-13-17-9-6-7-11-22(17)28-19/h6-7,9,11,13,15,20-21,23-24,28H,4-5,8,10,12,14,26H2,1-3H3,(H,27,30)(H,29,31)/t21-,23+,24+/m0/s1. The number of hydrogen-bond donors (Lipinski definition) is 4. The Kier molecular flexibility index (Phi) is 9.05. The Labute approximate surface area is 195 Å². The number of carbonyl (C=O) groups is 2. The number of para-hydroxylation sites is 1. The number of ether oxygens (including phenoxy) is 1. The van der Waals surface area contributed by atoms with Gasteiger partial charge in [0, 0.05) is 29.7 Å². The van der Waals surface area contributed by atoms with Gasteiger partial charge in [0.25, 0.3) is 5.91 Å². The molecule has 0 fully saturated rings. The third-order valence-corrected chi connectivity index (χ3v) is 6.00. The van der Waals surface area contributed by atoms with Crippen molar-refractivity contribution in [2.24, 2.45) is 5.73 Å². The zero-order chi connectivity index (χ0) is 23.8. The Morgan fingerprint density at radius 3 is 2.70 bits per heavy atom. The molecule has 0 unspecified atom stereocenters. The number of aromatic nitrogens is 1. The van der Waals surface area contributed by atoms with Crippen LogP contribution in [0.4, 0.5) is 0 Å². The molecule has 3 rings (SSSR count). The molecular formula is C25H36N4O4. The monoisotopic (exact) mass is 456 g/mol. The van der Waals surface area contributed by atoms with Gasteiger partial charge in [0.2, 0.25) is 5.91 Å². The molecular weight excluding hydrogens is 420 g/mol. The number of hydroxylamine groups is 1. The van der Waals surface area contributed by atoms with Crippen LogP contribution < -0.4 is 16.5 Å². The lowest BCUT2D eigenvalue weighted by atomic mass is 9.88. The number of benzene rings is 1. The van der Waals surface area contributed by atoms with E-state index < -0.39 is 12.1 Å². The summed E-state index contributed by atoms with van der Waals surface area (Å²) in [4.78, 5) is 33.2. The summed E-state index contributed by atoms with van der Waals surface area (Å²) in [6, 6.07) is 9.47. The molecule has 1 aliphatic rings. The molecule has 1 heterocycles. The molecule has 1 aromatic heterocycles. The summed E-state index contributed by atoms with van der Waals surface area (Å²) in [6.07, 6.45) is 4.92. The zero-order valence-electron chi connectivity index (χ0n) is 19.7. The molecule has 0 bridgehead atoms. The topological polar surface area (TPSA) is 118 Å². The third kappa shape index (κ3) is 6.90. The first kappa shape index (κ1) is 25.0. The second-order valence-corrected chi connectivity index (χ2v) is 8.59. The summed E-state index contributed by atoms with van der Waals surface area (Å²) in [5.41, 5.74) is 11.6. The van der Waals surface area contributed by atoms with Crippen LogP contribution in [-0.4, -0.2) is 47.7 Å². The van der Waals surface area contributed by atoms with Crippen molar-refractivity contribution in [2.75, 3.05) is 6.61 Å². The van der Waals surface area contributed by atoms with Crippen molar-refractivity contribution in [1.29, 1.82) is 0 Å². The summed E-state index contributed by atoms with van der Waals surface area (Å²) < 4.78 is 6.18. The summed E-state index contributed by atoms with van der Waals surface area (Å²) >= 11 is 0. The van der Waals surface area contributed by atoms with E-state index in [0.29, 0.717) is 18.6 Å². The molecule has 0 radical (unpaired) electrons. The van der Waals surface area contributed by atoms with E-state index in [-0.39, 0.29) is 24.0 Å². The van der Waals surface area contributed by atoms with E-state index in [9.17, 15) is 9.59 Å². The number of hydrogen-bond acceptors (Lipinski definition) is 5. The van der Waals surface area contributed by atoms with Crippen molar-refractivity contribution >= 4 is 22.7 Å². The summed E-state index contributed by atoms with van der Waals surface area (Å²) in [5, 5.41) is 4.07. The minimum atomic E-state index is -0.467. The van der Waals surface area contributed by atoms with Crippen LogP contribution in [-0.2, 0) is 25.6 Å². The minimum absolute atomic E-state index is 0.0259. The number of fused-ring (bicyclic) bond motifs is 1. The smallest absolute Gasteiger partial charge is 0.270 e. The number of amides is 2. The minimum Gasteiger partial charge on any atom is -0.369 e. The Morgan fingerprint density at radius 2 is 2.00 bits per heavy atom. The average molecular weight is 457 g/mol. The number of nitrogens with one attached hydrogen (secondary N) is 3. The van der Waals surface area contributed by atoms with Gasteiger partial charge in [-0.3, -0.25) is 14.4 Å². The van der Waals surface area contributed by atoms with E-state index in [1.54, 1.807) is 6.08 Å². The molecule has 2 aromatic rings. The lowest BCUT2D eigenvalue weighted by Crippen LogP contribution is -2.57. The molecule has 8 heteroatoms. The summed E-state index contributed by atoms with van der Waals surface area (Å²) in [7, 11) is 0. The maximum Gasteiger partial charge on any atom is 0.270 e. The van der Waals surface area contributed by atoms with Crippen molar-refractivity contribution in [1.82, 2.24) is 15.8 Å². The van der Waals surface area contributed by atoms with E-state index in [1.165, 1.54) is 12.3 Å². The number of aromatic amines is 1.